The Kier molecular flexibility index (Phi) is 6.17. The molecule has 6 nitrogen and oxygen atoms in total. The van der Waals surface area contributed by atoms with Gasteiger partial charge in [0.15, 0.2) is 0 Å². The fraction of sp³-hybridized carbons (Fsp3) is 0.524. The topological polar surface area (TPSA) is 61.5 Å². The number of aromatic nitrogens is 2. The van der Waals surface area contributed by atoms with E-state index in [1.165, 1.54) is 6.42 Å². The van der Waals surface area contributed by atoms with Gasteiger partial charge in [0.05, 0.1) is 12.1 Å². The number of rotatable bonds is 5. The maximum Gasteiger partial charge on any atom is 0.257 e. The van der Waals surface area contributed by atoms with Crippen molar-refractivity contribution in [3.63, 3.8) is 0 Å². The molecule has 2 aromatic rings. The molecule has 0 atom stereocenters. The van der Waals surface area contributed by atoms with E-state index >= 15 is 0 Å². The van der Waals surface area contributed by atoms with E-state index in [2.05, 4.69) is 14.9 Å². The Bertz CT molecular complexity index is 782. The normalized spacial score (nSPS) is 19.0. The number of amides is 1. The summed E-state index contributed by atoms with van der Waals surface area (Å²) >= 11 is 6.20. The van der Waals surface area contributed by atoms with E-state index in [-0.39, 0.29) is 12.0 Å². The Hall–Kier alpha value is -2.05. The Morgan fingerprint density at radius 1 is 1.18 bits per heavy atom. The van der Waals surface area contributed by atoms with Crippen LogP contribution in [0.5, 0.6) is 5.75 Å². The summed E-state index contributed by atoms with van der Waals surface area (Å²) in [5, 5.41) is 0.598. The number of ether oxygens (including phenoxy) is 1. The van der Waals surface area contributed by atoms with Gasteiger partial charge in [-0.3, -0.25) is 9.69 Å². The van der Waals surface area contributed by atoms with Gasteiger partial charge in [-0.2, -0.15) is 0 Å². The molecule has 2 aliphatic rings. The van der Waals surface area contributed by atoms with Gasteiger partial charge in [0.25, 0.3) is 5.91 Å². The highest BCUT2D eigenvalue weighted by atomic mass is 35.5. The molecule has 0 bridgehead atoms. The van der Waals surface area contributed by atoms with Crippen molar-refractivity contribution < 1.29 is 9.53 Å². The molecule has 2 saturated heterocycles. The minimum atomic E-state index is 0.0571. The molecule has 150 valence electrons. The van der Waals surface area contributed by atoms with E-state index in [4.69, 9.17) is 16.3 Å². The minimum absolute atomic E-state index is 0.0571. The number of imidazole rings is 1. The SMILES string of the molecule is O=C(c1ccc(Cl)cc1OC1CCN(Cc2ncc[nH]2)CC1)N1CCCCC1. The first-order chi connectivity index (χ1) is 13.7. The number of hydrogen-bond donors (Lipinski definition) is 1. The highest BCUT2D eigenvalue weighted by molar-refractivity contribution is 6.30. The summed E-state index contributed by atoms with van der Waals surface area (Å²) in [6.45, 7) is 4.37. The lowest BCUT2D eigenvalue weighted by Crippen LogP contribution is -2.39. The van der Waals surface area contributed by atoms with Crippen molar-refractivity contribution in [3.05, 3.63) is 47.0 Å². The molecule has 4 rings (SSSR count). The summed E-state index contributed by atoms with van der Waals surface area (Å²) in [6, 6.07) is 5.37. The molecule has 0 radical (unpaired) electrons. The average molecular weight is 403 g/mol. The Labute approximate surface area is 170 Å². The van der Waals surface area contributed by atoms with Gasteiger partial charge in [0, 0.05) is 43.6 Å². The first kappa shape index (κ1) is 19.3. The second-order valence-electron chi connectivity index (χ2n) is 7.62. The van der Waals surface area contributed by atoms with E-state index in [1.54, 1.807) is 24.4 Å². The molecule has 3 heterocycles. The number of halogens is 1. The van der Waals surface area contributed by atoms with Crippen LogP contribution in [0.25, 0.3) is 0 Å². The third-order valence-electron chi connectivity index (χ3n) is 5.57. The second-order valence-corrected chi connectivity index (χ2v) is 8.06. The van der Waals surface area contributed by atoms with E-state index in [0.29, 0.717) is 16.3 Å². The quantitative estimate of drug-likeness (QED) is 0.827. The molecule has 1 amide bonds. The number of nitrogens with one attached hydrogen (secondary N) is 1. The van der Waals surface area contributed by atoms with Gasteiger partial charge >= 0.3 is 0 Å². The number of hydrogen-bond acceptors (Lipinski definition) is 4. The third-order valence-corrected chi connectivity index (χ3v) is 5.81. The van der Waals surface area contributed by atoms with Gasteiger partial charge in [-0.05, 0) is 50.3 Å². The molecule has 2 fully saturated rings. The van der Waals surface area contributed by atoms with Gasteiger partial charge in [0.2, 0.25) is 0 Å². The average Bonchev–Trinajstić information content (AvgIpc) is 3.23. The van der Waals surface area contributed by atoms with Crippen LogP contribution in [-0.4, -0.2) is 58.0 Å². The lowest BCUT2D eigenvalue weighted by atomic mass is 10.1. The van der Waals surface area contributed by atoms with Gasteiger partial charge in [-0.15, -0.1) is 0 Å². The largest absolute Gasteiger partial charge is 0.489 e. The number of H-pyrrole nitrogens is 1. The lowest BCUT2D eigenvalue weighted by molar-refractivity contribution is 0.0701. The Morgan fingerprint density at radius 2 is 1.96 bits per heavy atom. The molecular formula is C21H27ClN4O2. The van der Waals surface area contributed by atoms with E-state index in [9.17, 15) is 4.79 Å². The van der Waals surface area contributed by atoms with Crippen LogP contribution in [0.2, 0.25) is 5.02 Å². The van der Waals surface area contributed by atoms with Crippen molar-refractivity contribution in [2.24, 2.45) is 0 Å². The summed E-state index contributed by atoms with van der Waals surface area (Å²) < 4.78 is 6.28. The van der Waals surface area contributed by atoms with Crippen molar-refractivity contribution in [1.29, 1.82) is 0 Å². The number of nitrogens with zero attached hydrogens (tertiary/aromatic N) is 3. The Balaban J connectivity index is 1.39. The number of likely N-dealkylation sites (tertiary alicyclic amines) is 2. The molecular weight excluding hydrogens is 376 g/mol. The van der Waals surface area contributed by atoms with Crippen molar-refractivity contribution in [3.8, 4) is 5.75 Å². The molecule has 0 unspecified atom stereocenters. The number of piperidine rings is 2. The zero-order valence-electron chi connectivity index (χ0n) is 16.1. The third kappa shape index (κ3) is 4.67. The first-order valence-electron chi connectivity index (χ1n) is 10.1. The second kappa shape index (κ2) is 8.97. The van der Waals surface area contributed by atoms with Crippen LogP contribution in [0.4, 0.5) is 0 Å². The van der Waals surface area contributed by atoms with Crippen molar-refractivity contribution >= 4 is 17.5 Å². The highest BCUT2D eigenvalue weighted by Crippen LogP contribution is 2.29. The van der Waals surface area contributed by atoms with Gasteiger partial charge in [0.1, 0.15) is 17.7 Å². The highest BCUT2D eigenvalue weighted by Gasteiger charge is 2.25. The zero-order chi connectivity index (χ0) is 19.3. The number of carbonyl (C=O) groups excluding carboxylic acids is 1. The first-order valence-corrected chi connectivity index (χ1v) is 10.5. The zero-order valence-corrected chi connectivity index (χ0v) is 16.8. The van der Waals surface area contributed by atoms with Crippen LogP contribution >= 0.6 is 11.6 Å². The van der Waals surface area contributed by atoms with Crippen molar-refractivity contribution in [2.45, 2.75) is 44.8 Å². The monoisotopic (exact) mass is 402 g/mol. The van der Waals surface area contributed by atoms with E-state index < -0.39 is 0 Å². The van der Waals surface area contributed by atoms with Crippen LogP contribution < -0.4 is 4.74 Å². The minimum Gasteiger partial charge on any atom is -0.489 e. The van der Waals surface area contributed by atoms with Gasteiger partial charge in [-0.25, -0.2) is 4.98 Å². The summed E-state index contributed by atoms with van der Waals surface area (Å²) in [7, 11) is 0. The molecule has 7 heteroatoms. The fourth-order valence-electron chi connectivity index (χ4n) is 4.00. The van der Waals surface area contributed by atoms with Crippen LogP contribution in [-0.2, 0) is 6.54 Å². The molecule has 1 N–H and O–H groups in total. The van der Waals surface area contributed by atoms with Crippen LogP contribution in [0.15, 0.2) is 30.6 Å². The van der Waals surface area contributed by atoms with Gasteiger partial charge < -0.3 is 14.6 Å². The van der Waals surface area contributed by atoms with Crippen LogP contribution in [0.1, 0.15) is 48.3 Å². The maximum absolute atomic E-state index is 13.0. The smallest absolute Gasteiger partial charge is 0.257 e. The van der Waals surface area contributed by atoms with E-state index in [0.717, 1.165) is 64.2 Å². The molecule has 1 aromatic carbocycles. The van der Waals surface area contributed by atoms with Crippen molar-refractivity contribution in [1.82, 2.24) is 19.8 Å². The predicted octanol–water partition coefficient (Wildman–Crippen LogP) is 3.73. The predicted molar refractivity (Wildman–Crippen MR) is 109 cm³/mol. The number of benzene rings is 1. The maximum atomic E-state index is 13.0. The molecule has 0 spiro atoms. The molecule has 0 aliphatic carbocycles. The molecule has 28 heavy (non-hydrogen) atoms. The fourth-order valence-corrected chi connectivity index (χ4v) is 4.16. The van der Waals surface area contributed by atoms with Crippen LogP contribution in [0, 0.1) is 0 Å². The van der Waals surface area contributed by atoms with Gasteiger partial charge in [-0.1, -0.05) is 11.6 Å². The lowest BCUT2D eigenvalue weighted by Gasteiger charge is -2.32. The summed E-state index contributed by atoms with van der Waals surface area (Å²) in [6.07, 6.45) is 8.92. The van der Waals surface area contributed by atoms with Crippen molar-refractivity contribution in [2.75, 3.05) is 26.2 Å². The molecule has 1 aromatic heterocycles. The summed E-state index contributed by atoms with van der Waals surface area (Å²) in [5.41, 5.74) is 0.629. The summed E-state index contributed by atoms with van der Waals surface area (Å²) in [5.74, 6) is 1.66. The number of carbonyl (C=O) groups is 1. The standard InChI is InChI=1S/C21H27ClN4O2/c22-16-4-5-18(21(27)26-10-2-1-3-11-26)19(14-16)28-17-6-12-25(13-7-17)15-20-23-8-9-24-20/h4-5,8-9,14,17H,1-3,6-7,10-13,15H2,(H,23,24). The molecule has 2 aliphatic heterocycles. The number of aromatic amines is 1. The summed E-state index contributed by atoms with van der Waals surface area (Å²) in [4.78, 5) is 24.7. The van der Waals surface area contributed by atoms with Crippen LogP contribution in [0.3, 0.4) is 0 Å². The Morgan fingerprint density at radius 3 is 2.68 bits per heavy atom. The molecule has 0 saturated carbocycles. The van der Waals surface area contributed by atoms with E-state index in [1.807, 2.05) is 11.1 Å².